The molecule has 0 N–H and O–H groups in total. The number of nitrogens with zero attached hydrogens (tertiary/aromatic N) is 4. The Morgan fingerprint density at radius 2 is 2.04 bits per heavy atom. The zero-order valence-corrected chi connectivity index (χ0v) is 14.6. The Hall–Kier alpha value is -2.57. The molecule has 0 atom stereocenters. The number of hydrogen-bond donors (Lipinski definition) is 0. The lowest BCUT2D eigenvalue weighted by Gasteiger charge is -2.28. The number of ketones is 1. The molecule has 7 heteroatoms. The fraction of sp³-hybridized carbons (Fsp3) is 0.444. The van der Waals surface area contributed by atoms with Crippen LogP contribution in [0.15, 0.2) is 24.4 Å². The van der Waals surface area contributed by atoms with Gasteiger partial charge in [-0.15, -0.1) is 5.10 Å². The van der Waals surface area contributed by atoms with Gasteiger partial charge in [0, 0.05) is 17.6 Å². The summed E-state index contributed by atoms with van der Waals surface area (Å²) in [5, 5.41) is 7.81. The van der Waals surface area contributed by atoms with Crippen LogP contribution in [0.2, 0.25) is 0 Å². The van der Waals surface area contributed by atoms with Crippen LogP contribution in [0, 0.1) is 11.2 Å². The monoisotopic (exact) mass is 344 g/mol. The van der Waals surface area contributed by atoms with Gasteiger partial charge in [-0.2, -0.15) is 0 Å². The lowest BCUT2D eigenvalue weighted by Crippen LogP contribution is -2.35. The summed E-state index contributed by atoms with van der Waals surface area (Å²) >= 11 is 0. The molecule has 0 bridgehead atoms. The van der Waals surface area contributed by atoms with Gasteiger partial charge in [0.1, 0.15) is 12.4 Å². The first-order valence-electron chi connectivity index (χ1n) is 8.29. The summed E-state index contributed by atoms with van der Waals surface area (Å²) in [6.45, 7) is 6.13. The molecule has 1 amide bonds. The van der Waals surface area contributed by atoms with E-state index in [1.54, 1.807) is 11.0 Å². The molecule has 2 aromatic rings. The molecular formula is C18H21FN4O2. The van der Waals surface area contributed by atoms with Crippen LogP contribution in [0.3, 0.4) is 0 Å². The third-order valence-corrected chi connectivity index (χ3v) is 4.31. The quantitative estimate of drug-likeness (QED) is 0.858. The Kier molecular flexibility index (Phi) is 4.41. The molecule has 3 rings (SSSR count). The third kappa shape index (κ3) is 3.60. The summed E-state index contributed by atoms with van der Waals surface area (Å²) in [5.74, 6) is -0.586. The maximum Gasteiger partial charge on any atom is 0.280 e. The molecule has 0 saturated carbocycles. The van der Waals surface area contributed by atoms with E-state index in [9.17, 15) is 14.0 Å². The summed E-state index contributed by atoms with van der Waals surface area (Å²) in [5.41, 5.74) is 1.22. The first kappa shape index (κ1) is 17.3. The maximum absolute atomic E-state index is 13.4. The predicted molar refractivity (Wildman–Crippen MR) is 90.9 cm³/mol. The highest BCUT2D eigenvalue weighted by Crippen LogP contribution is 2.28. The van der Waals surface area contributed by atoms with E-state index in [1.807, 2.05) is 20.8 Å². The van der Waals surface area contributed by atoms with Crippen LogP contribution in [0.25, 0.3) is 0 Å². The fourth-order valence-electron chi connectivity index (χ4n) is 2.77. The van der Waals surface area contributed by atoms with Crippen molar-refractivity contribution in [2.75, 3.05) is 11.4 Å². The highest BCUT2D eigenvalue weighted by Gasteiger charge is 2.27. The van der Waals surface area contributed by atoms with Crippen molar-refractivity contribution in [3.05, 3.63) is 41.5 Å². The van der Waals surface area contributed by atoms with E-state index in [0.29, 0.717) is 12.2 Å². The van der Waals surface area contributed by atoms with E-state index in [0.717, 1.165) is 18.4 Å². The minimum absolute atomic E-state index is 0.00944. The SMILES string of the molecule is CC(C)(C)C(=O)Cn1cc(C(=O)N2CCCc3cc(F)ccc32)nn1. The first-order chi connectivity index (χ1) is 11.8. The molecule has 0 radical (unpaired) electrons. The van der Waals surface area contributed by atoms with Crippen molar-refractivity contribution in [3.63, 3.8) is 0 Å². The van der Waals surface area contributed by atoms with Crippen LogP contribution in [0.5, 0.6) is 0 Å². The molecule has 0 unspecified atom stereocenters. The summed E-state index contributed by atoms with van der Waals surface area (Å²) < 4.78 is 14.8. The zero-order valence-electron chi connectivity index (χ0n) is 14.6. The molecule has 1 aliphatic heterocycles. The molecule has 0 saturated heterocycles. The highest BCUT2D eigenvalue weighted by atomic mass is 19.1. The van der Waals surface area contributed by atoms with Gasteiger partial charge in [-0.05, 0) is 36.6 Å². The second kappa shape index (κ2) is 6.38. The Bertz CT molecular complexity index is 823. The molecule has 25 heavy (non-hydrogen) atoms. The van der Waals surface area contributed by atoms with Crippen molar-refractivity contribution in [3.8, 4) is 0 Å². The number of carbonyl (C=O) groups excluding carboxylic acids is 2. The second-order valence-corrected chi connectivity index (χ2v) is 7.31. The third-order valence-electron chi connectivity index (χ3n) is 4.31. The molecule has 132 valence electrons. The summed E-state index contributed by atoms with van der Waals surface area (Å²) in [4.78, 5) is 26.5. The van der Waals surface area contributed by atoms with Gasteiger partial charge in [-0.1, -0.05) is 26.0 Å². The average molecular weight is 344 g/mol. The van der Waals surface area contributed by atoms with Crippen LogP contribution in [-0.2, 0) is 17.8 Å². The molecule has 0 spiro atoms. The fourth-order valence-corrected chi connectivity index (χ4v) is 2.77. The van der Waals surface area contributed by atoms with Gasteiger partial charge >= 0.3 is 0 Å². The predicted octanol–water partition coefficient (Wildman–Crippen LogP) is 2.63. The largest absolute Gasteiger partial charge is 0.307 e. The van der Waals surface area contributed by atoms with E-state index in [-0.39, 0.29) is 29.7 Å². The second-order valence-electron chi connectivity index (χ2n) is 7.31. The summed E-state index contributed by atoms with van der Waals surface area (Å²) in [7, 11) is 0. The summed E-state index contributed by atoms with van der Waals surface area (Å²) in [6, 6.07) is 4.44. The van der Waals surface area contributed by atoms with Crippen molar-refractivity contribution in [2.45, 2.75) is 40.2 Å². The van der Waals surface area contributed by atoms with Crippen LogP contribution in [0.4, 0.5) is 10.1 Å². The normalized spacial score (nSPS) is 14.3. The Balaban J connectivity index is 1.80. The van der Waals surface area contributed by atoms with Crippen molar-refractivity contribution in [2.24, 2.45) is 5.41 Å². The highest BCUT2D eigenvalue weighted by molar-refractivity contribution is 6.05. The maximum atomic E-state index is 13.4. The lowest BCUT2D eigenvalue weighted by molar-refractivity contribution is -0.127. The van der Waals surface area contributed by atoms with Gasteiger partial charge < -0.3 is 4.90 Å². The standard InChI is InChI=1S/C18H21FN4O2/c1-18(2,3)16(24)11-22-10-14(20-21-22)17(25)23-8-4-5-12-9-13(19)6-7-15(12)23/h6-7,9-10H,4-5,8,11H2,1-3H3. The molecule has 2 heterocycles. The number of rotatable bonds is 3. The van der Waals surface area contributed by atoms with Gasteiger partial charge in [0.15, 0.2) is 11.5 Å². The smallest absolute Gasteiger partial charge is 0.280 e. The Labute approximate surface area is 145 Å². The first-order valence-corrected chi connectivity index (χ1v) is 8.29. The minimum atomic E-state index is -0.480. The van der Waals surface area contributed by atoms with Gasteiger partial charge in [-0.25, -0.2) is 9.07 Å². The molecular weight excluding hydrogens is 323 g/mol. The molecule has 1 aliphatic rings. The number of halogens is 1. The average Bonchev–Trinajstić information content (AvgIpc) is 3.01. The molecule has 1 aromatic heterocycles. The molecule has 0 aliphatic carbocycles. The number of hydrogen-bond acceptors (Lipinski definition) is 4. The number of carbonyl (C=O) groups is 2. The van der Waals surface area contributed by atoms with Crippen molar-refractivity contribution < 1.29 is 14.0 Å². The van der Waals surface area contributed by atoms with E-state index in [2.05, 4.69) is 10.3 Å². The van der Waals surface area contributed by atoms with Crippen LogP contribution < -0.4 is 4.90 Å². The van der Waals surface area contributed by atoms with Crippen molar-refractivity contribution in [1.29, 1.82) is 0 Å². The summed E-state index contributed by atoms with van der Waals surface area (Å²) in [6.07, 6.45) is 2.99. The van der Waals surface area contributed by atoms with Gasteiger partial charge in [0.25, 0.3) is 5.91 Å². The van der Waals surface area contributed by atoms with Gasteiger partial charge in [0.2, 0.25) is 0 Å². The van der Waals surface area contributed by atoms with Crippen LogP contribution >= 0.6 is 0 Å². The molecule has 1 aromatic carbocycles. The van der Waals surface area contributed by atoms with E-state index in [4.69, 9.17) is 0 Å². The minimum Gasteiger partial charge on any atom is -0.307 e. The van der Waals surface area contributed by atoms with Crippen LogP contribution in [0.1, 0.15) is 43.2 Å². The van der Waals surface area contributed by atoms with Crippen molar-refractivity contribution >= 4 is 17.4 Å². The lowest BCUT2D eigenvalue weighted by atomic mass is 9.91. The Morgan fingerprint density at radius 3 is 2.76 bits per heavy atom. The van der Waals surface area contributed by atoms with Gasteiger partial charge in [-0.3, -0.25) is 9.59 Å². The van der Waals surface area contributed by atoms with E-state index >= 15 is 0 Å². The molecule has 0 fully saturated rings. The number of amides is 1. The number of anilines is 1. The zero-order chi connectivity index (χ0) is 18.2. The molecule has 6 nitrogen and oxygen atoms in total. The number of fused-ring (bicyclic) bond motifs is 1. The topological polar surface area (TPSA) is 68.1 Å². The van der Waals surface area contributed by atoms with E-state index < -0.39 is 5.41 Å². The van der Waals surface area contributed by atoms with Gasteiger partial charge in [0.05, 0.1) is 6.20 Å². The Morgan fingerprint density at radius 1 is 1.28 bits per heavy atom. The number of Topliss-reactive ketones (excluding diaryl/α,β-unsaturated/α-hetero) is 1. The number of aromatic nitrogens is 3. The number of benzene rings is 1. The number of aryl methyl sites for hydroxylation is 1. The van der Waals surface area contributed by atoms with Crippen LogP contribution in [-0.4, -0.2) is 33.2 Å². The van der Waals surface area contributed by atoms with E-state index in [1.165, 1.54) is 23.0 Å². The van der Waals surface area contributed by atoms with Crippen molar-refractivity contribution in [1.82, 2.24) is 15.0 Å².